The summed E-state index contributed by atoms with van der Waals surface area (Å²) in [5.41, 5.74) is 1.34. The summed E-state index contributed by atoms with van der Waals surface area (Å²) in [6, 6.07) is 8.47. The van der Waals surface area contributed by atoms with Crippen LogP contribution >= 0.6 is 0 Å². The smallest absolute Gasteiger partial charge is 0.122 e. The molecule has 0 N–H and O–H groups in total. The van der Waals surface area contributed by atoms with E-state index < -0.39 is 0 Å². The molecule has 1 aromatic rings. The summed E-state index contributed by atoms with van der Waals surface area (Å²) in [6.45, 7) is 3.83. The Morgan fingerprint density at radius 2 is 1.52 bits per heavy atom. The van der Waals surface area contributed by atoms with E-state index in [1.165, 1.54) is 82.6 Å². The van der Waals surface area contributed by atoms with Gasteiger partial charge in [0.1, 0.15) is 18.5 Å². The van der Waals surface area contributed by atoms with E-state index >= 15 is 0 Å². The maximum Gasteiger partial charge on any atom is 0.122 e. The molecule has 0 radical (unpaired) electrons. The van der Waals surface area contributed by atoms with Gasteiger partial charge in [0.25, 0.3) is 0 Å². The fourth-order valence-electron chi connectivity index (χ4n) is 3.41. The van der Waals surface area contributed by atoms with Crippen LogP contribution in [-0.2, 0) is 11.2 Å². The lowest BCUT2D eigenvalue weighted by Gasteiger charge is -2.10. The molecule has 0 saturated carbocycles. The molecule has 1 heterocycles. The zero-order valence-electron chi connectivity index (χ0n) is 17.5. The molecule has 152 valence electrons. The van der Waals surface area contributed by atoms with Gasteiger partial charge in [0.05, 0.1) is 6.61 Å². The van der Waals surface area contributed by atoms with Gasteiger partial charge in [-0.15, -0.1) is 0 Å². The summed E-state index contributed by atoms with van der Waals surface area (Å²) >= 11 is 0. The monoisotopic (exact) mass is 372 g/mol. The number of para-hydroxylation sites is 1. The molecule has 2 rings (SSSR count). The van der Waals surface area contributed by atoms with Gasteiger partial charge in [-0.25, -0.2) is 0 Å². The van der Waals surface area contributed by atoms with Gasteiger partial charge in [0.2, 0.25) is 0 Å². The average Bonchev–Trinajstić information content (AvgIpc) is 3.52. The molecule has 0 spiro atoms. The molecular weight excluding hydrogens is 332 g/mol. The Hall–Kier alpha value is -1.28. The van der Waals surface area contributed by atoms with Crippen molar-refractivity contribution in [1.29, 1.82) is 0 Å². The molecule has 1 unspecified atom stereocenters. The van der Waals surface area contributed by atoms with Crippen molar-refractivity contribution in [2.75, 3.05) is 13.2 Å². The van der Waals surface area contributed by atoms with Gasteiger partial charge in [0, 0.05) is 0 Å². The van der Waals surface area contributed by atoms with E-state index in [9.17, 15) is 0 Å². The van der Waals surface area contributed by atoms with Gasteiger partial charge in [-0.05, 0) is 50.2 Å². The second-order valence-corrected chi connectivity index (χ2v) is 7.85. The Kier molecular flexibility index (Phi) is 12.0. The Bertz CT molecular complexity index is 505. The van der Waals surface area contributed by atoms with E-state index in [4.69, 9.17) is 9.47 Å². The number of benzene rings is 1. The van der Waals surface area contributed by atoms with Crippen molar-refractivity contribution in [2.24, 2.45) is 0 Å². The first-order valence-corrected chi connectivity index (χ1v) is 11.4. The molecule has 1 atom stereocenters. The highest BCUT2D eigenvalue weighted by Crippen LogP contribution is 2.22. The standard InChI is InChI=1S/C25H40O2/c1-2-3-4-5-6-7-8-9-10-11-12-13-14-15-18-23-19-16-17-20-25(23)27-22-24-21-26-24/h9-10,16-17,19-20,24H,2-8,11-15,18,21-22H2,1H3/b10-9+. The minimum absolute atomic E-state index is 0.326. The second-order valence-electron chi connectivity index (χ2n) is 7.85. The minimum atomic E-state index is 0.326. The minimum Gasteiger partial charge on any atom is -0.491 e. The first-order chi connectivity index (χ1) is 13.4. The van der Waals surface area contributed by atoms with E-state index in [1.807, 2.05) is 0 Å². The Balaban J connectivity index is 1.43. The van der Waals surface area contributed by atoms with E-state index in [0.29, 0.717) is 12.7 Å². The molecule has 0 amide bonds. The maximum absolute atomic E-state index is 5.90. The van der Waals surface area contributed by atoms with Gasteiger partial charge < -0.3 is 9.47 Å². The van der Waals surface area contributed by atoms with Crippen LogP contribution in [0.2, 0.25) is 0 Å². The third kappa shape index (κ3) is 11.2. The van der Waals surface area contributed by atoms with Crippen molar-refractivity contribution in [3.63, 3.8) is 0 Å². The van der Waals surface area contributed by atoms with Gasteiger partial charge in [0.15, 0.2) is 0 Å². The number of hydrogen-bond acceptors (Lipinski definition) is 2. The molecule has 0 aromatic heterocycles. The fourth-order valence-corrected chi connectivity index (χ4v) is 3.41. The molecule has 0 aliphatic carbocycles. The lowest BCUT2D eigenvalue weighted by Crippen LogP contribution is -2.05. The van der Waals surface area contributed by atoms with Crippen molar-refractivity contribution in [1.82, 2.24) is 0 Å². The van der Waals surface area contributed by atoms with Crippen molar-refractivity contribution in [3.05, 3.63) is 42.0 Å². The highest BCUT2D eigenvalue weighted by atomic mass is 16.6. The Labute approximate surface area is 167 Å². The third-order valence-electron chi connectivity index (χ3n) is 5.26. The summed E-state index contributed by atoms with van der Waals surface area (Å²) in [6.07, 6.45) is 22.4. The first kappa shape index (κ1) is 22.0. The maximum atomic E-state index is 5.90. The van der Waals surface area contributed by atoms with Crippen molar-refractivity contribution >= 4 is 0 Å². The lowest BCUT2D eigenvalue weighted by molar-refractivity contribution is 0.261. The molecule has 2 heteroatoms. The number of hydrogen-bond donors (Lipinski definition) is 0. The van der Waals surface area contributed by atoms with Crippen molar-refractivity contribution < 1.29 is 9.47 Å². The number of ether oxygens (including phenoxy) is 2. The van der Waals surface area contributed by atoms with Gasteiger partial charge in [-0.1, -0.05) is 82.2 Å². The van der Waals surface area contributed by atoms with E-state index in [2.05, 4.69) is 43.3 Å². The van der Waals surface area contributed by atoms with Crippen LogP contribution in [0.4, 0.5) is 0 Å². The largest absolute Gasteiger partial charge is 0.491 e. The molecule has 0 bridgehead atoms. The summed E-state index contributed by atoms with van der Waals surface area (Å²) in [5, 5.41) is 0. The average molecular weight is 373 g/mol. The highest BCUT2D eigenvalue weighted by Gasteiger charge is 2.23. The molecule has 27 heavy (non-hydrogen) atoms. The first-order valence-electron chi connectivity index (χ1n) is 11.4. The highest BCUT2D eigenvalue weighted by molar-refractivity contribution is 5.33. The SMILES string of the molecule is CCCCCCCC/C=C/CCCCCCc1ccccc1OCC1CO1. The van der Waals surface area contributed by atoms with Crippen LogP contribution in [0.15, 0.2) is 36.4 Å². The quantitative estimate of drug-likeness (QED) is 0.163. The van der Waals surface area contributed by atoms with Gasteiger partial charge in [-0.3, -0.25) is 0 Å². The number of allylic oxidation sites excluding steroid dienone is 2. The molecule has 1 aliphatic rings. The molecule has 1 fully saturated rings. The van der Waals surface area contributed by atoms with E-state index in [0.717, 1.165) is 18.8 Å². The van der Waals surface area contributed by atoms with Crippen LogP contribution in [0.25, 0.3) is 0 Å². The summed E-state index contributed by atoms with van der Waals surface area (Å²) in [4.78, 5) is 0. The van der Waals surface area contributed by atoms with Crippen molar-refractivity contribution in [3.8, 4) is 5.75 Å². The zero-order chi connectivity index (χ0) is 19.0. The predicted molar refractivity (Wildman–Crippen MR) is 116 cm³/mol. The third-order valence-corrected chi connectivity index (χ3v) is 5.26. The number of aryl methyl sites for hydroxylation is 1. The normalized spacial score (nSPS) is 16.1. The lowest BCUT2D eigenvalue weighted by atomic mass is 10.0. The summed E-state index contributed by atoms with van der Waals surface area (Å²) in [7, 11) is 0. The molecule has 1 saturated heterocycles. The summed E-state index contributed by atoms with van der Waals surface area (Å²) in [5.74, 6) is 1.05. The van der Waals surface area contributed by atoms with Gasteiger partial charge in [-0.2, -0.15) is 0 Å². The van der Waals surface area contributed by atoms with Gasteiger partial charge >= 0.3 is 0 Å². The van der Waals surface area contributed by atoms with Crippen LogP contribution < -0.4 is 4.74 Å². The predicted octanol–water partition coefficient (Wildman–Crippen LogP) is 7.26. The molecule has 1 aromatic carbocycles. The summed E-state index contributed by atoms with van der Waals surface area (Å²) < 4.78 is 11.1. The van der Waals surface area contributed by atoms with Crippen molar-refractivity contribution in [2.45, 2.75) is 96.5 Å². The number of unbranched alkanes of at least 4 members (excludes halogenated alkanes) is 10. The fraction of sp³-hybridized carbons (Fsp3) is 0.680. The second kappa shape index (κ2) is 14.7. The van der Waals surface area contributed by atoms with Crippen LogP contribution in [0.5, 0.6) is 5.75 Å². The van der Waals surface area contributed by atoms with Crippen LogP contribution in [0.3, 0.4) is 0 Å². The zero-order valence-corrected chi connectivity index (χ0v) is 17.5. The van der Waals surface area contributed by atoms with E-state index in [1.54, 1.807) is 0 Å². The molecule has 2 nitrogen and oxygen atoms in total. The molecule has 1 aliphatic heterocycles. The van der Waals surface area contributed by atoms with Crippen LogP contribution in [0.1, 0.15) is 89.5 Å². The molecular formula is C25H40O2. The van der Waals surface area contributed by atoms with E-state index in [-0.39, 0.29) is 0 Å². The van der Waals surface area contributed by atoms with Crippen LogP contribution in [0, 0.1) is 0 Å². The topological polar surface area (TPSA) is 21.8 Å². The number of epoxide rings is 1. The number of rotatable bonds is 17. The Morgan fingerprint density at radius 1 is 0.889 bits per heavy atom. The van der Waals surface area contributed by atoms with Crippen LogP contribution in [-0.4, -0.2) is 19.3 Å². The Morgan fingerprint density at radius 3 is 2.22 bits per heavy atom.